The number of amides is 1. The first-order valence-electron chi connectivity index (χ1n) is 4.05. The van der Waals surface area contributed by atoms with Crippen molar-refractivity contribution in [3.8, 4) is 0 Å². The van der Waals surface area contributed by atoms with Gasteiger partial charge in [0.2, 0.25) is 0 Å². The van der Waals surface area contributed by atoms with Crippen LogP contribution in [-0.2, 0) is 9.63 Å². The maximum absolute atomic E-state index is 13.2. The van der Waals surface area contributed by atoms with Gasteiger partial charge in [0, 0.05) is 7.05 Å². The summed E-state index contributed by atoms with van der Waals surface area (Å²) in [5.74, 6) is -1.16. The van der Waals surface area contributed by atoms with Crippen molar-refractivity contribution in [3.63, 3.8) is 0 Å². The van der Waals surface area contributed by atoms with Crippen LogP contribution in [0, 0.1) is 0 Å². The van der Waals surface area contributed by atoms with E-state index in [1.54, 1.807) is 6.92 Å². The first kappa shape index (κ1) is 12.6. The summed E-state index contributed by atoms with van der Waals surface area (Å²) >= 11 is 0. The van der Waals surface area contributed by atoms with Crippen molar-refractivity contribution in [3.05, 3.63) is 36.2 Å². The molecule has 0 rings (SSSR count). The number of nitrogens with zero attached hydrogens (tertiary/aromatic N) is 1. The number of hydrogen-bond donors (Lipinski definition) is 0. The van der Waals surface area contributed by atoms with E-state index in [9.17, 15) is 9.18 Å². The van der Waals surface area contributed by atoms with Gasteiger partial charge in [-0.15, -0.1) is 0 Å². The molecular formula is C10H14FNO2. The van der Waals surface area contributed by atoms with Crippen molar-refractivity contribution in [2.75, 3.05) is 14.2 Å². The lowest BCUT2D eigenvalue weighted by Gasteiger charge is -2.14. The molecule has 0 aromatic rings. The minimum absolute atomic E-state index is 0.0470. The SMILES string of the molecule is C=C/C=C(F)\C(=C/C)C(=O)N(C)OC. The van der Waals surface area contributed by atoms with Gasteiger partial charge in [-0.25, -0.2) is 9.45 Å². The minimum atomic E-state index is -0.628. The van der Waals surface area contributed by atoms with Crippen molar-refractivity contribution in [2.24, 2.45) is 0 Å². The lowest BCUT2D eigenvalue weighted by atomic mass is 10.2. The van der Waals surface area contributed by atoms with Gasteiger partial charge in [0.1, 0.15) is 5.83 Å². The van der Waals surface area contributed by atoms with E-state index in [4.69, 9.17) is 0 Å². The molecule has 0 bridgehead atoms. The second kappa shape index (κ2) is 6.10. The van der Waals surface area contributed by atoms with Crippen molar-refractivity contribution in [2.45, 2.75) is 6.92 Å². The van der Waals surface area contributed by atoms with E-state index in [1.807, 2.05) is 0 Å². The standard InChI is InChI=1S/C10H14FNO2/c1-5-7-9(11)8(6-2)10(13)12(3)14-4/h5-7H,1H2,2-4H3/b8-6+,9-7+. The van der Waals surface area contributed by atoms with Crippen LogP contribution in [0.15, 0.2) is 36.2 Å². The predicted octanol–water partition coefficient (Wildman–Crippen LogP) is 1.99. The van der Waals surface area contributed by atoms with Gasteiger partial charge >= 0.3 is 0 Å². The fourth-order valence-electron chi connectivity index (χ4n) is 0.809. The average molecular weight is 199 g/mol. The van der Waals surface area contributed by atoms with Crippen LogP contribution >= 0.6 is 0 Å². The third kappa shape index (κ3) is 3.14. The molecule has 0 saturated carbocycles. The molecule has 0 radical (unpaired) electrons. The van der Waals surface area contributed by atoms with Gasteiger partial charge < -0.3 is 0 Å². The van der Waals surface area contributed by atoms with E-state index >= 15 is 0 Å². The van der Waals surface area contributed by atoms with Gasteiger partial charge in [-0.1, -0.05) is 18.7 Å². The average Bonchev–Trinajstić information content (AvgIpc) is 2.18. The van der Waals surface area contributed by atoms with E-state index in [0.717, 1.165) is 11.1 Å². The summed E-state index contributed by atoms with van der Waals surface area (Å²) in [5, 5.41) is 0.950. The number of halogens is 1. The molecule has 0 spiro atoms. The summed E-state index contributed by atoms with van der Waals surface area (Å²) in [4.78, 5) is 16.1. The number of rotatable bonds is 4. The maximum Gasteiger partial charge on any atom is 0.279 e. The van der Waals surface area contributed by atoms with Crippen molar-refractivity contribution >= 4 is 5.91 Å². The summed E-state index contributed by atoms with van der Waals surface area (Å²) in [6.07, 6.45) is 3.78. The number of allylic oxidation sites excluding steroid dienone is 3. The Morgan fingerprint density at radius 3 is 2.50 bits per heavy atom. The van der Waals surface area contributed by atoms with Gasteiger partial charge in [0.05, 0.1) is 12.7 Å². The predicted molar refractivity (Wildman–Crippen MR) is 52.9 cm³/mol. The molecule has 14 heavy (non-hydrogen) atoms. The molecular weight excluding hydrogens is 185 g/mol. The Labute approximate surface area is 83.1 Å². The van der Waals surface area contributed by atoms with Gasteiger partial charge in [0.15, 0.2) is 0 Å². The molecule has 0 saturated heterocycles. The smallest absolute Gasteiger partial charge is 0.274 e. The molecule has 78 valence electrons. The fraction of sp³-hybridized carbons (Fsp3) is 0.300. The Hall–Kier alpha value is -1.42. The quantitative estimate of drug-likeness (QED) is 0.393. The fourth-order valence-corrected chi connectivity index (χ4v) is 0.809. The van der Waals surface area contributed by atoms with Crippen LogP contribution in [-0.4, -0.2) is 25.1 Å². The number of likely N-dealkylation sites (N-methyl/N-ethyl adjacent to an activating group) is 1. The molecule has 0 heterocycles. The van der Waals surface area contributed by atoms with Crippen LogP contribution in [0.4, 0.5) is 4.39 Å². The molecule has 4 heteroatoms. The molecule has 0 atom stereocenters. The topological polar surface area (TPSA) is 29.5 Å². The first-order valence-corrected chi connectivity index (χ1v) is 4.05. The Morgan fingerprint density at radius 2 is 2.14 bits per heavy atom. The zero-order valence-corrected chi connectivity index (χ0v) is 8.58. The highest BCUT2D eigenvalue weighted by atomic mass is 19.1. The first-order chi connectivity index (χ1) is 6.58. The zero-order chi connectivity index (χ0) is 11.1. The second-order valence-corrected chi connectivity index (χ2v) is 2.44. The van der Waals surface area contributed by atoms with E-state index < -0.39 is 11.7 Å². The van der Waals surface area contributed by atoms with Crippen LogP contribution in [0.3, 0.4) is 0 Å². The van der Waals surface area contributed by atoms with Gasteiger partial charge in [-0.2, -0.15) is 0 Å². The Morgan fingerprint density at radius 1 is 1.57 bits per heavy atom. The molecule has 1 amide bonds. The van der Waals surface area contributed by atoms with Gasteiger partial charge in [0.25, 0.3) is 5.91 Å². The summed E-state index contributed by atoms with van der Waals surface area (Å²) in [6, 6.07) is 0. The molecule has 0 aliphatic carbocycles. The van der Waals surface area contributed by atoms with Crippen LogP contribution in [0.2, 0.25) is 0 Å². The highest BCUT2D eigenvalue weighted by Gasteiger charge is 2.17. The van der Waals surface area contributed by atoms with Crippen LogP contribution in [0.1, 0.15) is 6.92 Å². The highest BCUT2D eigenvalue weighted by molar-refractivity contribution is 5.96. The molecule has 0 aliphatic rings. The van der Waals surface area contributed by atoms with Crippen LogP contribution < -0.4 is 0 Å². The van der Waals surface area contributed by atoms with Gasteiger partial charge in [-0.05, 0) is 13.0 Å². The molecule has 0 aliphatic heterocycles. The van der Waals surface area contributed by atoms with Gasteiger partial charge in [-0.3, -0.25) is 9.63 Å². The molecule has 0 aromatic carbocycles. The van der Waals surface area contributed by atoms with Crippen molar-refractivity contribution in [1.82, 2.24) is 5.06 Å². The summed E-state index contributed by atoms with van der Waals surface area (Å²) in [7, 11) is 2.74. The van der Waals surface area contributed by atoms with Crippen molar-refractivity contribution in [1.29, 1.82) is 0 Å². The molecule has 3 nitrogen and oxygen atoms in total. The minimum Gasteiger partial charge on any atom is -0.274 e. The molecule has 0 fully saturated rings. The van der Waals surface area contributed by atoms with Crippen molar-refractivity contribution < 1.29 is 14.0 Å². The lowest BCUT2D eigenvalue weighted by Crippen LogP contribution is -2.27. The summed E-state index contributed by atoms with van der Waals surface area (Å²) in [6.45, 7) is 4.92. The number of carbonyl (C=O) groups excluding carboxylic acids is 1. The molecule has 0 N–H and O–H groups in total. The Bertz CT molecular complexity index is 282. The third-order valence-corrected chi connectivity index (χ3v) is 1.60. The summed E-state index contributed by atoms with van der Waals surface area (Å²) < 4.78 is 13.2. The van der Waals surface area contributed by atoms with E-state index in [-0.39, 0.29) is 5.57 Å². The lowest BCUT2D eigenvalue weighted by molar-refractivity contribution is -0.163. The Kier molecular flexibility index (Phi) is 5.48. The van der Waals surface area contributed by atoms with E-state index in [1.165, 1.54) is 26.3 Å². The third-order valence-electron chi connectivity index (χ3n) is 1.60. The number of carbonyl (C=O) groups is 1. The normalized spacial score (nSPS) is 12.6. The maximum atomic E-state index is 13.2. The number of hydroxylamine groups is 2. The van der Waals surface area contributed by atoms with E-state index in [0.29, 0.717) is 0 Å². The number of hydrogen-bond acceptors (Lipinski definition) is 2. The monoisotopic (exact) mass is 199 g/mol. The zero-order valence-electron chi connectivity index (χ0n) is 8.58. The van der Waals surface area contributed by atoms with Crippen LogP contribution in [0.5, 0.6) is 0 Å². The highest BCUT2D eigenvalue weighted by Crippen LogP contribution is 2.14. The largest absolute Gasteiger partial charge is 0.279 e. The van der Waals surface area contributed by atoms with E-state index in [2.05, 4.69) is 11.4 Å². The van der Waals surface area contributed by atoms with Crippen LogP contribution in [0.25, 0.3) is 0 Å². The second-order valence-electron chi connectivity index (χ2n) is 2.44. The summed E-state index contributed by atoms with van der Waals surface area (Å²) in [5.41, 5.74) is -0.0470. The Balaban J connectivity index is 4.84. The molecule has 0 unspecified atom stereocenters. The molecule has 0 aromatic heterocycles.